The average Bonchev–Trinajstić information content (AvgIpc) is 2.67. The molecule has 1 saturated heterocycles. The number of benzene rings is 1. The third kappa shape index (κ3) is 8.10. The predicted molar refractivity (Wildman–Crippen MR) is 114 cm³/mol. The number of nitrogens with two attached hydrogens (primary N) is 3. The zero-order valence-corrected chi connectivity index (χ0v) is 16.6. The molecule has 27 heavy (non-hydrogen) atoms. The SMILES string of the molecule is CC(NC1CNCCNCC(N)(CN)CNCCNC1)c1ccc(N)cc1. The fraction of sp³-hybridized carbons (Fsp3) is 0.684. The highest BCUT2D eigenvalue weighted by atomic mass is 15.1. The van der Waals surface area contributed by atoms with Gasteiger partial charge < -0.3 is 43.8 Å². The highest BCUT2D eigenvalue weighted by Crippen LogP contribution is 2.14. The van der Waals surface area contributed by atoms with Crippen LogP contribution in [-0.2, 0) is 0 Å². The Hall–Kier alpha value is -1.26. The van der Waals surface area contributed by atoms with Gasteiger partial charge in [-0.15, -0.1) is 0 Å². The number of nitrogens with one attached hydrogen (secondary N) is 5. The molecule has 1 fully saturated rings. The number of rotatable bonds is 4. The number of hydrogen-bond donors (Lipinski definition) is 8. The summed E-state index contributed by atoms with van der Waals surface area (Å²) in [7, 11) is 0. The Morgan fingerprint density at radius 1 is 1.00 bits per heavy atom. The van der Waals surface area contributed by atoms with Crippen LogP contribution in [0.4, 0.5) is 5.69 Å². The van der Waals surface area contributed by atoms with Crippen molar-refractivity contribution in [3.05, 3.63) is 29.8 Å². The summed E-state index contributed by atoms with van der Waals surface area (Å²) in [4.78, 5) is 0. The fourth-order valence-corrected chi connectivity index (χ4v) is 3.21. The maximum absolute atomic E-state index is 6.34. The first-order chi connectivity index (χ1) is 13.0. The molecule has 1 unspecified atom stereocenters. The molecule has 0 aliphatic carbocycles. The molecule has 0 radical (unpaired) electrons. The Labute approximate surface area is 163 Å². The van der Waals surface area contributed by atoms with E-state index in [-0.39, 0.29) is 6.04 Å². The Balaban J connectivity index is 1.84. The predicted octanol–water partition coefficient (Wildman–Crippen LogP) is -1.68. The van der Waals surface area contributed by atoms with Gasteiger partial charge in [-0.2, -0.15) is 0 Å². The van der Waals surface area contributed by atoms with E-state index in [0.717, 1.165) is 45.0 Å². The quantitative estimate of drug-likeness (QED) is 0.291. The molecule has 154 valence electrons. The molecule has 1 aliphatic heterocycles. The normalized spacial score (nSPS) is 27.6. The van der Waals surface area contributed by atoms with Gasteiger partial charge in [-0.05, 0) is 24.6 Å². The zero-order valence-electron chi connectivity index (χ0n) is 16.6. The summed E-state index contributed by atoms with van der Waals surface area (Å²) >= 11 is 0. The van der Waals surface area contributed by atoms with Gasteiger partial charge in [0, 0.05) is 76.7 Å². The molecule has 1 aromatic carbocycles. The van der Waals surface area contributed by atoms with Crippen molar-refractivity contribution < 1.29 is 0 Å². The first-order valence-electron chi connectivity index (χ1n) is 9.96. The highest BCUT2D eigenvalue weighted by molar-refractivity contribution is 5.40. The molecule has 0 spiro atoms. The van der Waals surface area contributed by atoms with E-state index >= 15 is 0 Å². The zero-order chi connectivity index (χ0) is 19.5. The number of nitrogen functional groups attached to an aromatic ring is 1. The second kappa shape index (κ2) is 11.6. The standard InChI is InChI=1S/C19H38N8/c1-15(16-2-4-17(21)5-3-16)27-18-10-23-6-8-25-13-19(22,12-20)14-26-9-7-24-11-18/h2-5,15,18,23-27H,6-14,20-22H2,1H3. The summed E-state index contributed by atoms with van der Waals surface area (Å²) < 4.78 is 0. The van der Waals surface area contributed by atoms with Gasteiger partial charge in [-0.3, -0.25) is 0 Å². The molecule has 1 heterocycles. The van der Waals surface area contributed by atoms with Crippen LogP contribution in [-0.4, -0.2) is 70.5 Å². The molecule has 0 saturated carbocycles. The molecule has 1 atom stereocenters. The van der Waals surface area contributed by atoms with Crippen LogP contribution in [0.2, 0.25) is 0 Å². The van der Waals surface area contributed by atoms with E-state index in [1.54, 1.807) is 0 Å². The second-order valence-electron chi connectivity index (χ2n) is 7.58. The van der Waals surface area contributed by atoms with Crippen molar-refractivity contribution in [2.75, 3.05) is 64.6 Å². The smallest absolute Gasteiger partial charge is 0.0531 e. The van der Waals surface area contributed by atoms with Gasteiger partial charge in [-0.1, -0.05) is 12.1 Å². The van der Waals surface area contributed by atoms with Crippen LogP contribution in [0.5, 0.6) is 0 Å². The van der Waals surface area contributed by atoms with Crippen LogP contribution in [0, 0.1) is 0 Å². The lowest BCUT2D eigenvalue weighted by Gasteiger charge is -2.30. The largest absolute Gasteiger partial charge is 0.399 e. The Kier molecular flexibility index (Phi) is 9.43. The molecule has 0 bridgehead atoms. The lowest BCUT2D eigenvalue weighted by Crippen LogP contribution is -2.61. The Morgan fingerprint density at radius 2 is 1.52 bits per heavy atom. The topological polar surface area (TPSA) is 138 Å². The summed E-state index contributed by atoms with van der Waals surface area (Å²) in [6.45, 7) is 9.38. The molecule has 8 nitrogen and oxygen atoms in total. The van der Waals surface area contributed by atoms with Crippen molar-refractivity contribution in [2.24, 2.45) is 11.5 Å². The van der Waals surface area contributed by atoms with Gasteiger partial charge in [0.2, 0.25) is 0 Å². The maximum atomic E-state index is 6.34. The van der Waals surface area contributed by atoms with Crippen molar-refractivity contribution in [3.63, 3.8) is 0 Å². The van der Waals surface area contributed by atoms with E-state index in [0.29, 0.717) is 25.7 Å². The minimum Gasteiger partial charge on any atom is -0.399 e. The van der Waals surface area contributed by atoms with Crippen molar-refractivity contribution in [3.8, 4) is 0 Å². The van der Waals surface area contributed by atoms with Crippen LogP contribution >= 0.6 is 0 Å². The third-order valence-corrected chi connectivity index (χ3v) is 5.02. The van der Waals surface area contributed by atoms with Gasteiger partial charge in [0.15, 0.2) is 0 Å². The second-order valence-corrected chi connectivity index (χ2v) is 7.58. The minimum absolute atomic E-state index is 0.261. The van der Waals surface area contributed by atoms with Gasteiger partial charge in [0.25, 0.3) is 0 Å². The molecular weight excluding hydrogens is 340 g/mol. The lowest BCUT2D eigenvalue weighted by atomic mass is 10.0. The van der Waals surface area contributed by atoms with Crippen molar-refractivity contribution >= 4 is 5.69 Å². The highest BCUT2D eigenvalue weighted by Gasteiger charge is 2.22. The number of anilines is 1. The maximum Gasteiger partial charge on any atom is 0.0531 e. The first kappa shape index (κ1) is 22.0. The van der Waals surface area contributed by atoms with E-state index in [1.165, 1.54) is 5.56 Å². The fourth-order valence-electron chi connectivity index (χ4n) is 3.21. The Morgan fingerprint density at radius 3 is 2.04 bits per heavy atom. The van der Waals surface area contributed by atoms with Crippen LogP contribution in [0.25, 0.3) is 0 Å². The summed E-state index contributed by atoms with van der Waals surface area (Å²) in [6, 6.07) is 8.67. The molecule has 0 amide bonds. The van der Waals surface area contributed by atoms with E-state index in [4.69, 9.17) is 17.2 Å². The van der Waals surface area contributed by atoms with Crippen molar-refractivity contribution in [1.29, 1.82) is 0 Å². The molecule has 8 heteroatoms. The van der Waals surface area contributed by atoms with Crippen molar-refractivity contribution in [1.82, 2.24) is 26.6 Å². The monoisotopic (exact) mass is 378 g/mol. The average molecular weight is 379 g/mol. The molecule has 2 rings (SSSR count). The molecule has 0 aromatic heterocycles. The van der Waals surface area contributed by atoms with Gasteiger partial charge >= 0.3 is 0 Å². The summed E-state index contributed by atoms with van der Waals surface area (Å²) in [5.41, 5.74) is 19.6. The lowest BCUT2D eigenvalue weighted by molar-refractivity contribution is 0.363. The van der Waals surface area contributed by atoms with Gasteiger partial charge in [0.05, 0.1) is 5.54 Å². The van der Waals surface area contributed by atoms with Crippen LogP contribution < -0.4 is 43.8 Å². The van der Waals surface area contributed by atoms with Crippen molar-refractivity contribution in [2.45, 2.75) is 24.5 Å². The number of hydrogen-bond acceptors (Lipinski definition) is 8. The molecule has 1 aromatic rings. The summed E-state index contributed by atoms with van der Waals surface area (Å²) in [5.74, 6) is 0. The minimum atomic E-state index is -0.400. The molecule has 1 aliphatic rings. The first-order valence-corrected chi connectivity index (χ1v) is 9.96. The molecular formula is C19H38N8. The Bertz CT molecular complexity index is 505. The summed E-state index contributed by atoms with van der Waals surface area (Å²) in [5, 5.41) is 17.6. The van der Waals surface area contributed by atoms with E-state index in [1.807, 2.05) is 12.1 Å². The van der Waals surface area contributed by atoms with Crippen LogP contribution in [0.3, 0.4) is 0 Å². The van der Waals surface area contributed by atoms with Crippen LogP contribution in [0.1, 0.15) is 18.5 Å². The third-order valence-electron chi connectivity index (χ3n) is 5.02. The van der Waals surface area contributed by atoms with E-state index in [9.17, 15) is 0 Å². The summed E-state index contributed by atoms with van der Waals surface area (Å²) in [6.07, 6.45) is 0. The molecule has 11 N–H and O–H groups in total. The van der Waals surface area contributed by atoms with Gasteiger partial charge in [0.1, 0.15) is 0 Å². The van der Waals surface area contributed by atoms with Gasteiger partial charge in [-0.25, -0.2) is 0 Å². The van der Waals surface area contributed by atoms with E-state index < -0.39 is 5.54 Å². The van der Waals surface area contributed by atoms with E-state index in [2.05, 4.69) is 45.6 Å². The van der Waals surface area contributed by atoms with Crippen LogP contribution in [0.15, 0.2) is 24.3 Å².